The van der Waals surface area contributed by atoms with Gasteiger partial charge in [0.2, 0.25) is 6.79 Å². The van der Waals surface area contributed by atoms with Crippen LogP contribution in [0.4, 0.5) is 0 Å². The molecule has 5 nitrogen and oxygen atoms in total. The van der Waals surface area contributed by atoms with Crippen molar-refractivity contribution in [2.45, 2.75) is 0 Å². The highest BCUT2D eigenvalue weighted by molar-refractivity contribution is 5.80. The smallest absolute Gasteiger partial charge is 0.231 e. The Morgan fingerprint density at radius 3 is 2.72 bits per heavy atom. The van der Waals surface area contributed by atoms with E-state index in [2.05, 4.69) is 22.1 Å². The first kappa shape index (κ1) is 11.3. The van der Waals surface area contributed by atoms with Crippen LogP contribution in [0, 0.1) is 0 Å². The third-order valence-corrected chi connectivity index (χ3v) is 3.25. The van der Waals surface area contributed by atoms with Gasteiger partial charge < -0.3 is 14.4 Å². The molecular weight excluding hydrogens is 230 g/mol. The van der Waals surface area contributed by atoms with E-state index in [4.69, 9.17) is 9.47 Å². The monoisotopic (exact) mass is 247 g/mol. The van der Waals surface area contributed by atoms with Crippen LogP contribution < -0.4 is 9.47 Å². The molecule has 0 saturated carbocycles. The average molecular weight is 247 g/mol. The van der Waals surface area contributed by atoms with E-state index in [0.717, 1.165) is 43.2 Å². The van der Waals surface area contributed by atoms with Crippen molar-refractivity contribution in [2.75, 3.05) is 40.0 Å². The number of ether oxygens (including phenoxy) is 2. The lowest BCUT2D eigenvalue weighted by Gasteiger charge is -2.30. The molecule has 0 aliphatic carbocycles. The lowest BCUT2D eigenvalue weighted by atomic mass is 10.2. The zero-order valence-electron chi connectivity index (χ0n) is 10.5. The highest BCUT2D eigenvalue weighted by Crippen LogP contribution is 2.31. The van der Waals surface area contributed by atoms with Gasteiger partial charge in [-0.3, -0.25) is 5.01 Å². The summed E-state index contributed by atoms with van der Waals surface area (Å²) in [5.74, 6) is 1.61. The summed E-state index contributed by atoms with van der Waals surface area (Å²) in [6, 6.07) is 5.88. The summed E-state index contributed by atoms with van der Waals surface area (Å²) in [6.07, 6.45) is 1.88. The number of hydrogen-bond donors (Lipinski definition) is 0. The molecule has 2 aliphatic heterocycles. The van der Waals surface area contributed by atoms with Crippen LogP contribution in [-0.2, 0) is 0 Å². The lowest BCUT2D eigenvalue weighted by molar-refractivity contribution is 0.159. The molecule has 1 aromatic carbocycles. The maximum absolute atomic E-state index is 5.34. The molecule has 3 rings (SSSR count). The highest BCUT2D eigenvalue weighted by Gasteiger charge is 2.13. The van der Waals surface area contributed by atoms with Crippen LogP contribution in [0.15, 0.2) is 23.3 Å². The van der Waals surface area contributed by atoms with Gasteiger partial charge in [-0.1, -0.05) is 0 Å². The van der Waals surface area contributed by atoms with Crippen molar-refractivity contribution < 1.29 is 9.47 Å². The minimum atomic E-state index is 0.314. The van der Waals surface area contributed by atoms with Crippen molar-refractivity contribution in [1.82, 2.24) is 9.91 Å². The molecule has 0 unspecified atom stereocenters. The Labute approximate surface area is 107 Å². The zero-order chi connectivity index (χ0) is 12.4. The molecule has 0 atom stereocenters. The molecule has 5 heteroatoms. The van der Waals surface area contributed by atoms with Gasteiger partial charge in [-0.25, -0.2) is 0 Å². The molecule has 0 N–H and O–H groups in total. The number of rotatable bonds is 2. The predicted octanol–water partition coefficient (Wildman–Crippen LogP) is 0.997. The Hall–Kier alpha value is -1.75. The Kier molecular flexibility index (Phi) is 3.06. The minimum Gasteiger partial charge on any atom is -0.454 e. The first-order valence-corrected chi connectivity index (χ1v) is 6.18. The second kappa shape index (κ2) is 4.86. The van der Waals surface area contributed by atoms with E-state index in [1.165, 1.54) is 0 Å². The van der Waals surface area contributed by atoms with Crippen LogP contribution in [0.1, 0.15) is 5.56 Å². The standard InChI is InChI=1S/C13H17N3O2/c1-15-4-6-16(7-5-15)14-9-11-2-3-12-13(8-11)18-10-17-12/h2-3,8-9H,4-7,10H2,1H3/b14-9-. The molecule has 1 saturated heterocycles. The van der Waals surface area contributed by atoms with Crippen molar-refractivity contribution in [3.63, 3.8) is 0 Å². The van der Waals surface area contributed by atoms with Gasteiger partial charge in [0.05, 0.1) is 6.21 Å². The summed E-state index contributed by atoms with van der Waals surface area (Å²) in [6.45, 7) is 4.42. The van der Waals surface area contributed by atoms with Gasteiger partial charge in [0.25, 0.3) is 0 Å². The quantitative estimate of drug-likeness (QED) is 0.731. The van der Waals surface area contributed by atoms with Gasteiger partial charge in [0.1, 0.15) is 0 Å². The molecule has 0 aromatic heterocycles. The molecule has 0 bridgehead atoms. The molecule has 18 heavy (non-hydrogen) atoms. The van der Waals surface area contributed by atoms with Crippen molar-refractivity contribution in [3.05, 3.63) is 23.8 Å². The third kappa shape index (κ3) is 2.41. The minimum absolute atomic E-state index is 0.314. The number of fused-ring (bicyclic) bond motifs is 1. The molecule has 2 heterocycles. The molecule has 2 aliphatic rings. The first-order chi connectivity index (χ1) is 8.81. The summed E-state index contributed by atoms with van der Waals surface area (Å²) < 4.78 is 10.6. The Bertz CT molecular complexity index is 454. The number of benzene rings is 1. The number of nitrogens with zero attached hydrogens (tertiary/aromatic N) is 3. The molecule has 1 fully saturated rings. The van der Waals surface area contributed by atoms with E-state index in [9.17, 15) is 0 Å². The van der Waals surface area contributed by atoms with Crippen LogP contribution >= 0.6 is 0 Å². The second-order valence-corrected chi connectivity index (χ2v) is 4.61. The van der Waals surface area contributed by atoms with Gasteiger partial charge in [0, 0.05) is 26.2 Å². The maximum Gasteiger partial charge on any atom is 0.231 e. The summed E-state index contributed by atoms with van der Waals surface area (Å²) in [4.78, 5) is 2.31. The molecule has 96 valence electrons. The van der Waals surface area contributed by atoms with Crippen LogP contribution in [-0.4, -0.2) is 56.1 Å². The first-order valence-electron chi connectivity index (χ1n) is 6.18. The van der Waals surface area contributed by atoms with Crippen LogP contribution in [0.3, 0.4) is 0 Å². The topological polar surface area (TPSA) is 37.3 Å². The largest absolute Gasteiger partial charge is 0.454 e. The second-order valence-electron chi connectivity index (χ2n) is 4.61. The Morgan fingerprint density at radius 1 is 1.11 bits per heavy atom. The number of hydrogen-bond acceptors (Lipinski definition) is 5. The molecule has 0 amide bonds. The number of piperazine rings is 1. The van der Waals surface area contributed by atoms with Gasteiger partial charge in [-0.15, -0.1) is 0 Å². The number of likely N-dealkylation sites (N-methyl/N-ethyl adjacent to an activating group) is 1. The Balaban J connectivity index is 1.65. The fourth-order valence-corrected chi connectivity index (χ4v) is 2.05. The van der Waals surface area contributed by atoms with Gasteiger partial charge in [-0.05, 0) is 30.8 Å². The van der Waals surface area contributed by atoms with Gasteiger partial charge in [0.15, 0.2) is 11.5 Å². The van der Waals surface area contributed by atoms with E-state index in [0.29, 0.717) is 6.79 Å². The summed E-state index contributed by atoms with van der Waals surface area (Å²) in [5.41, 5.74) is 1.04. The van der Waals surface area contributed by atoms with Crippen LogP contribution in [0.5, 0.6) is 11.5 Å². The van der Waals surface area contributed by atoms with E-state index >= 15 is 0 Å². The van der Waals surface area contributed by atoms with Gasteiger partial charge >= 0.3 is 0 Å². The summed E-state index contributed by atoms with van der Waals surface area (Å²) in [7, 11) is 2.14. The summed E-state index contributed by atoms with van der Waals surface area (Å²) in [5, 5.41) is 6.60. The number of hydrazone groups is 1. The van der Waals surface area contributed by atoms with Crippen LogP contribution in [0.25, 0.3) is 0 Å². The van der Waals surface area contributed by atoms with Crippen molar-refractivity contribution in [1.29, 1.82) is 0 Å². The average Bonchev–Trinajstić information content (AvgIpc) is 2.85. The Morgan fingerprint density at radius 2 is 1.89 bits per heavy atom. The van der Waals surface area contributed by atoms with E-state index in [1.54, 1.807) is 0 Å². The van der Waals surface area contributed by atoms with E-state index in [-0.39, 0.29) is 0 Å². The van der Waals surface area contributed by atoms with Crippen molar-refractivity contribution in [2.24, 2.45) is 5.10 Å². The zero-order valence-corrected chi connectivity index (χ0v) is 10.5. The molecule has 0 spiro atoms. The normalized spacial score (nSPS) is 19.7. The van der Waals surface area contributed by atoms with Crippen molar-refractivity contribution in [3.8, 4) is 11.5 Å². The third-order valence-electron chi connectivity index (χ3n) is 3.25. The van der Waals surface area contributed by atoms with Crippen molar-refractivity contribution >= 4 is 6.21 Å². The predicted molar refractivity (Wildman–Crippen MR) is 69.2 cm³/mol. The molecule has 0 radical (unpaired) electrons. The van der Waals surface area contributed by atoms with E-state index in [1.807, 2.05) is 24.4 Å². The highest BCUT2D eigenvalue weighted by atomic mass is 16.7. The van der Waals surface area contributed by atoms with Gasteiger partial charge in [-0.2, -0.15) is 5.10 Å². The van der Waals surface area contributed by atoms with E-state index < -0.39 is 0 Å². The lowest BCUT2D eigenvalue weighted by Crippen LogP contribution is -2.41. The SMILES string of the molecule is CN1CCN(/N=C\c2ccc3c(c2)OCO3)CC1. The molecule has 1 aromatic rings. The maximum atomic E-state index is 5.34. The molecular formula is C13H17N3O2. The van der Waals surface area contributed by atoms with Crippen LogP contribution in [0.2, 0.25) is 0 Å². The fourth-order valence-electron chi connectivity index (χ4n) is 2.05. The fraction of sp³-hybridized carbons (Fsp3) is 0.462. The summed E-state index contributed by atoms with van der Waals surface area (Å²) >= 11 is 0.